The number of rotatable bonds is 6. The molecule has 2 rings (SSSR count). The molecule has 0 unspecified atom stereocenters. The molecule has 1 saturated carbocycles. The third-order valence-electron chi connectivity index (χ3n) is 3.91. The van der Waals surface area contributed by atoms with Crippen molar-refractivity contribution in [2.24, 2.45) is 0 Å². The highest BCUT2D eigenvalue weighted by molar-refractivity contribution is 14.1. The van der Waals surface area contributed by atoms with Crippen molar-refractivity contribution in [3.05, 3.63) is 26.8 Å². The van der Waals surface area contributed by atoms with Crippen LogP contribution in [0.1, 0.15) is 38.2 Å². The molecule has 1 aromatic carbocycles. The number of carbonyl (C=O) groups is 1. The van der Waals surface area contributed by atoms with Gasteiger partial charge >= 0.3 is 0 Å². The van der Waals surface area contributed by atoms with E-state index in [0.29, 0.717) is 18.1 Å². The molecule has 1 fully saturated rings. The van der Waals surface area contributed by atoms with Crippen LogP contribution in [0.25, 0.3) is 6.08 Å². The molecule has 0 aliphatic heterocycles. The van der Waals surface area contributed by atoms with E-state index in [-0.39, 0.29) is 17.5 Å². The van der Waals surface area contributed by atoms with Crippen LogP contribution in [0, 0.1) is 14.9 Å². The summed E-state index contributed by atoms with van der Waals surface area (Å²) in [6.07, 6.45) is 5.82. The summed E-state index contributed by atoms with van der Waals surface area (Å²) in [5.74, 6) is 0.947. The highest BCUT2D eigenvalue weighted by Crippen LogP contribution is 2.34. The van der Waals surface area contributed by atoms with Crippen molar-refractivity contribution in [3.63, 3.8) is 0 Å². The average Bonchev–Trinajstić information content (AvgIpc) is 3.07. The number of hydrogen-bond donors (Lipinski definition) is 1. The maximum absolute atomic E-state index is 12.3. The largest absolute Gasteiger partial charge is 0.493 e. The van der Waals surface area contributed by atoms with Crippen LogP contribution in [-0.2, 0) is 4.79 Å². The van der Waals surface area contributed by atoms with Gasteiger partial charge in [-0.25, -0.2) is 0 Å². The lowest BCUT2D eigenvalue weighted by molar-refractivity contribution is -0.117. The van der Waals surface area contributed by atoms with Gasteiger partial charge in [-0.05, 0) is 66.1 Å². The van der Waals surface area contributed by atoms with Gasteiger partial charge in [-0.3, -0.25) is 4.79 Å². The number of amides is 1. The van der Waals surface area contributed by atoms with E-state index in [0.717, 1.165) is 34.8 Å². The predicted octanol–water partition coefficient (Wildman–Crippen LogP) is 3.66. The van der Waals surface area contributed by atoms with Crippen LogP contribution in [0.2, 0.25) is 0 Å². The second kappa shape index (κ2) is 8.92. The molecule has 0 bridgehead atoms. The normalized spacial score (nSPS) is 15.0. The van der Waals surface area contributed by atoms with Gasteiger partial charge in [0.1, 0.15) is 11.6 Å². The van der Waals surface area contributed by atoms with E-state index in [2.05, 4.69) is 27.9 Å². The highest BCUT2D eigenvalue weighted by atomic mass is 127. The van der Waals surface area contributed by atoms with Gasteiger partial charge in [0.2, 0.25) is 0 Å². The van der Waals surface area contributed by atoms with Gasteiger partial charge in [-0.15, -0.1) is 0 Å². The second-order valence-electron chi connectivity index (χ2n) is 5.59. The average molecular weight is 440 g/mol. The minimum absolute atomic E-state index is 0.101. The zero-order valence-electron chi connectivity index (χ0n) is 13.9. The number of ether oxygens (including phenoxy) is 2. The number of nitrogens with zero attached hydrogens (tertiary/aromatic N) is 1. The maximum atomic E-state index is 12.3. The van der Waals surface area contributed by atoms with Crippen LogP contribution < -0.4 is 14.8 Å². The Hall–Kier alpha value is -1.75. The Morgan fingerprint density at radius 2 is 2.17 bits per heavy atom. The molecule has 0 atom stereocenters. The van der Waals surface area contributed by atoms with Crippen molar-refractivity contribution in [2.45, 2.75) is 38.6 Å². The van der Waals surface area contributed by atoms with Crippen molar-refractivity contribution >= 4 is 34.6 Å². The molecule has 1 amide bonds. The Bertz CT molecular complexity index is 674. The van der Waals surface area contributed by atoms with E-state index in [9.17, 15) is 10.1 Å². The molecule has 1 aliphatic carbocycles. The van der Waals surface area contributed by atoms with Gasteiger partial charge in [0, 0.05) is 6.04 Å². The fourth-order valence-electron chi connectivity index (χ4n) is 2.76. The zero-order valence-corrected chi connectivity index (χ0v) is 16.1. The first kappa shape index (κ1) is 18.6. The topological polar surface area (TPSA) is 71.3 Å². The molecular formula is C18H21IN2O3. The lowest BCUT2D eigenvalue weighted by atomic mass is 10.1. The third-order valence-corrected chi connectivity index (χ3v) is 4.71. The Balaban J connectivity index is 2.25. The molecule has 0 heterocycles. The van der Waals surface area contributed by atoms with Crippen molar-refractivity contribution in [3.8, 4) is 17.6 Å². The summed E-state index contributed by atoms with van der Waals surface area (Å²) in [4.78, 5) is 12.3. The highest BCUT2D eigenvalue weighted by Gasteiger charge is 2.19. The second-order valence-corrected chi connectivity index (χ2v) is 6.75. The van der Waals surface area contributed by atoms with Crippen molar-refractivity contribution in [1.29, 1.82) is 5.26 Å². The van der Waals surface area contributed by atoms with Crippen LogP contribution in [0.3, 0.4) is 0 Å². The van der Waals surface area contributed by atoms with Gasteiger partial charge in [-0.2, -0.15) is 5.26 Å². The Kier molecular flexibility index (Phi) is 6.91. The van der Waals surface area contributed by atoms with E-state index < -0.39 is 0 Å². The van der Waals surface area contributed by atoms with E-state index in [1.54, 1.807) is 19.3 Å². The van der Waals surface area contributed by atoms with E-state index in [1.807, 2.05) is 19.1 Å². The summed E-state index contributed by atoms with van der Waals surface area (Å²) in [7, 11) is 1.57. The summed E-state index contributed by atoms with van der Waals surface area (Å²) in [5, 5.41) is 12.3. The molecule has 0 saturated heterocycles. The van der Waals surface area contributed by atoms with E-state index >= 15 is 0 Å². The number of hydrogen-bond acceptors (Lipinski definition) is 4. The fraction of sp³-hybridized carbons (Fsp3) is 0.444. The van der Waals surface area contributed by atoms with Crippen molar-refractivity contribution in [1.82, 2.24) is 5.32 Å². The predicted molar refractivity (Wildman–Crippen MR) is 101 cm³/mol. The van der Waals surface area contributed by atoms with Gasteiger partial charge in [-0.1, -0.05) is 12.8 Å². The van der Waals surface area contributed by atoms with Gasteiger partial charge in [0.15, 0.2) is 11.5 Å². The third kappa shape index (κ3) is 4.63. The monoisotopic (exact) mass is 440 g/mol. The maximum Gasteiger partial charge on any atom is 0.262 e. The van der Waals surface area contributed by atoms with Gasteiger partial charge in [0.25, 0.3) is 5.91 Å². The first-order chi connectivity index (χ1) is 11.6. The standard InChI is InChI=1S/C18H21IN2O3/c1-3-24-17-15(19)9-12(10-16(17)23-2)8-13(11-20)18(22)21-14-6-4-5-7-14/h8-10,14H,3-7H2,1-2H3,(H,21,22)/b13-8+. The molecule has 0 spiro atoms. The molecule has 1 N–H and O–H groups in total. The number of halogens is 1. The molecule has 24 heavy (non-hydrogen) atoms. The molecular weight excluding hydrogens is 419 g/mol. The number of benzene rings is 1. The smallest absolute Gasteiger partial charge is 0.262 e. The van der Waals surface area contributed by atoms with Crippen molar-refractivity contribution in [2.75, 3.05) is 13.7 Å². The summed E-state index contributed by atoms with van der Waals surface area (Å²) in [6.45, 7) is 2.44. The van der Waals surface area contributed by atoms with Crippen LogP contribution >= 0.6 is 22.6 Å². The quantitative estimate of drug-likeness (QED) is 0.417. The number of methoxy groups -OCH3 is 1. The first-order valence-electron chi connectivity index (χ1n) is 8.02. The molecule has 128 valence electrons. The first-order valence-corrected chi connectivity index (χ1v) is 9.09. The van der Waals surface area contributed by atoms with Crippen LogP contribution in [0.5, 0.6) is 11.5 Å². The summed E-state index contributed by atoms with van der Waals surface area (Å²) < 4.78 is 11.8. The lowest BCUT2D eigenvalue weighted by Gasteiger charge is -2.13. The SMILES string of the molecule is CCOc1c(I)cc(/C=C(\C#N)C(=O)NC2CCCC2)cc1OC. The molecule has 0 radical (unpaired) electrons. The molecule has 5 nitrogen and oxygen atoms in total. The molecule has 1 aliphatic rings. The summed E-state index contributed by atoms with van der Waals surface area (Å²) in [6, 6.07) is 5.82. The van der Waals surface area contributed by atoms with E-state index in [1.165, 1.54) is 0 Å². The van der Waals surface area contributed by atoms with Crippen molar-refractivity contribution < 1.29 is 14.3 Å². The zero-order chi connectivity index (χ0) is 17.5. The van der Waals surface area contributed by atoms with Crippen LogP contribution in [0.4, 0.5) is 0 Å². The van der Waals surface area contributed by atoms with E-state index in [4.69, 9.17) is 9.47 Å². The van der Waals surface area contributed by atoms with Crippen LogP contribution in [-0.4, -0.2) is 25.7 Å². The Labute approximate surface area is 156 Å². The molecule has 1 aromatic rings. The lowest BCUT2D eigenvalue weighted by Crippen LogP contribution is -2.33. The minimum atomic E-state index is -0.313. The summed E-state index contributed by atoms with van der Waals surface area (Å²) in [5.41, 5.74) is 0.835. The van der Waals surface area contributed by atoms with Gasteiger partial charge in [0.05, 0.1) is 17.3 Å². The number of nitrogens with one attached hydrogen (secondary N) is 1. The minimum Gasteiger partial charge on any atom is -0.493 e. The van der Waals surface area contributed by atoms with Gasteiger partial charge < -0.3 is 14.8 Å². The van der Waals surface area contributed by atoms with Crippen LogP contribution in [0.15, 0.2) is 17.7 Å². The molecule has 6 heteroatoms. The fourth-order valence-corrected chi connectivity index (χ4v) is 3.54. The number of nitriles is 1. The summed E-state index contributed by atoms with van der Waals surface area (Å²) >= 11 is 2.16. The number of carbonyl (C=O) groups excluding carboxylic acids is 1. The Morgan fingerprint density at radius 1 is 1.46 bits per heavy atom. The Morgan fingerprint density at radius 3 is 2.75 bits per heavy atom. The molecule has 0 aromatic heterocycles.